The molecule has 5 heteroatoms. The molecule has 2 unspecified atom stereocenters. The van der Waals surface area contributed by atoms with Crippen LogP contribution in [0.1, 0.15) is 16.8 Å². The highest BCUT2D eigenvalue weighted by Crippen LogP contribution is 2.44. The van der Waals surface area contributed by atoms with Gasteiger partial charge in [0.25, 0.3) is 5.91 Å². The molecule has 1 aliphatic carbocycles. The van der Waals surface area contributed by atoms with Gasteiger partial charge < -0.3 is 5.32 Å². The van der Waals surface area contributed by atoms with Crippen molar-refractivity contribution in [2.75, 3.05) is 0 Å². The summed E-state index contributed by atoms with van der Waals surface area (Å²) in [4.78, 5) is 11.5. The van der Waals surface area contributed by atoms with Crippen LogP contribution < -0.4 is 5.32 Å². The first-order valence-corrected chi connectivity index (χ1v) is 4.91. The lowest BCUT2D eigenvalue weighted by Crippen LogP contribution is -2.29. The van der Waals surface area contributed by atoms with Gasteiger partial charge in [-0.15, -0.1) is 0 Å². The van der Waals surface area contributed by atoms with E-state index in [4.69, 9.17) is 0 Å². The summed E-state index contributed by atoms with van der Waals surface area (Å²) < 4.78 is 36.6. The third-order valence-electron chi connectivity index (χ3n) is 2.56. The largest absolute Gasteiger partial charge is 0.393 e. The summed E-state index contributed by atoms with van der Waals surface area (Å²) >= 11 is 0. The Balaban J connectivity index is 1.92. The van der Waals surface area contributed by atoms with Crippen LogP contribution in [0, 0.1) is 5.92 Å². The van der Waals surface area contributed by atoms with Crippen molar-refractivity contribution in [3.05, 3.63) is 35.9 Å². The number of amides is 1. The Kier molecular flexibility index (Phi) is 2.61. The molecule has 0 aliphatic heterocycles. The number of nitrogens with one attached hydrogen (secondary N) is 1. The molecule has 16 heavy (non-hydrogen) atoms. The summed E-state index contributed by atoms with van der Waals surface area (Å²) in [7, 11) is 0. The van der Waals surface area contributed by atoms with Gasteiger partial charge in [0.2, 0.25) is 0 Å². The average Bonchev–Trinajstić information content (AvgIpc) is 2.98. The number of carbonyl (C=O) groups excluding carboxylic acids is 1. The Labute approximate surface area is 90.5 Å². The number of benzene rings is 1. The molecular weight excluding hydrogens is 219 g/mol. The van der Waals surface area contributed by atoms with Crippen LogP contribution >= 0.6 is 0 Å². The van der Waals surface area contributed by atoms with Crippen LogP contribution in [0.25, 0.3) is 0 Å². The SMILES string of the molecule is O=C(NC1CC1C(F)(F)F)c1ccccc1. The molecule has 86 valence electrons. The van der Waals surface area contributed by atoms with Crippen molar-refractivity contribution >= 4 is 5.91 Å². The van der Waals surface area contributed by atoms with E-state index in [0.717, 1.165) is 0 Å². The molecule has 2 atom stereocenters. The zero-order chi connectivity index (χ0) is 11.8. The molecule has 1 aromatic carbocycles. The van der Waals surface area contributed by atoms with Gasteiger partial charge in [-0.1, -0.05) is 18.2 Å². The molecule has 1 aliphatic rings. The smallest absolute Gasteiger partial charge is 0.349 e. The van der Waals surface area contributed by atoms with Gasteiger partial charge >= 0.3 is 6.18 Å². The predicted octanol–water partition coefficient (Wildman–Crippen LogP) is 2.37. The number of carbonyl (C=O) groups is 1. The second-order valence-corrected chi connectivity index (χ2v) is 3.83. The maximum absolute atomic E-state index is 12.2. The third kappa shape index (κ3) is 2.35. The van der Waals surface area contributed by atoms with Crippen LogP contribution in [0.3, 0.4) is 0 Å². The monoisotopic (exact) mass is 229 g/mol. The van der Waals surface area contributed by atoms with E-state index in [2.05, 4.69) is 5.32 Å². The maximum Gasteiger partial charge on any atom is 0.393 e. The fourth-order valence-corrected chi connectivity index (χ4v) is 1.56. The van der Waals surface area contributed by atoms with Gasteiger partial charge in [0.05, 0.1) is 5.92 Å². The van der Waals surface area contributed by atoms with Gasteiger partial charge in [0.15, 0.2) is 0 Å². The van der Waals surface area contributed by atoms with Crippen LogP contribution in [-0.4, -0.2) is 18.1 Å². The second-order valence-electron chi connectivity index (χ2n) is 3.83. The number of halogens is 3. The van der Waals surface area contributed by atoms with Crippen molar-refractivity contribution in [1.29, 1.82) is 0 Å². The zero-order valence-corrected chi connectivity index (χ0v) is 8.29. The quantitative estimate of drug-likeness (QED) is 0.828. The molecular formula is C11H10F3NO. The Morgan fingerprint density at radius 1 is 1.25 bits per heavy atom. The topological polar surface area (TPSA) is 29.1 Å². The van der Waals surface area contributed by atoms with Crippen LogP contribution in [-0.2, 0) is 0 Å². The van der Waals surface area contributed by atoms with E-state index in [0.29, 0.717) is 5.56 Å². The van der Waals surface area contributed by atoms with Crippen LogP contribution in [0.15, 0.2) is 30.3 Å². The number of hydrogen-bond donors (Lipinski definition) is 1. The Bertz CT molecular complexity index is 388. The molecule has 1 amide bonds. The highest BCUT2D eigenvalue weighted by Gasteiger charge is 2.56. The third-order valence-corrected chi connectivity index (χ3v) is 2.56. The molecule has 2 nitrogen and oxygen atoms in total. The van der Waals surface area contributed by atoms with Gasteiger partial charge in [0, 0.05) is 11.6 Å². The molecule has 1 saturated carbocycles. The molecule has 0 aromatic heterocycles. The minimum atomic E-state index is -4.20. The van der Waals surface area contributed by atoms with E-state index in [1.54, 1.807) is 30.3 Å². The molecule has 1 fully saturated rings. The summed E-state index contributed by atoms with van der Waals surface area (Å²) in [5.41, 5.74) is 0.385. The number of rotatable bonds is 2. The molecule has 2 rings (SSSR count). The molecule has 0 bridgehead atoms. The van der Waals surface area contributed by atoms with Crippen molar-refractivity contribution in [3.8, 4) is 0 Å². The van der Waals surface area contributed by atoms with Crippen molar-refractivity contribution < 1.29 is 18.0 Å². The fourth-order valence-electron chi connectivity index (χ4n) is 1.56. The van der Waals surface area contributed by atoms with Crippen LogP contribution in [0.5, 0.6) is 0 Å². The molecule has 0 heterocycles. The van der Waals surface area contributed by atoms with Crippen molar-refractivity contribution in [1.82, 2.24) is 5.32 Å². The summed E-state index contributed by atoms with van der Waals surface area (Å²) in [6, 6.07) is 7.46. The predicted molar refractivity (Wildman–Crippen MR) is 51.9 cm³/mol. The zero-order valence-electron chi connectivity index (χ0n) is 8.29. The number of hydrogen-bond acceptors (Lipinski definition) is 1. The Morgan fingerprint density at radius 3 is 2.38 bits per heavy atom. The van der Waals surface area contributed by atoms with Crippen LogP contribution in [0.4, 0.5) is 13.2 Å². The van der Waals surface area contributed by atoms with Gasteiger partial charge in [-0.2, -0.15) is 13.2 Å². The fraction of sp³-hybridized carbons (Fsp3) is 0.364. The summed E-state index contributed by atoms with van der Waals surface area (Å²) in [6.07, 6.45) is -4.21. The molecule has 0 spiro atoms. The lowest BCUT2D eigenvalue weighted by molar-refractivity contribution is -0.148. The highest BCUT2D eigenvalue weighted by molar-refractivity contribution is 5.94. The average molecular weight is 229 g/mol. The number of alkyl halides is 3. The van der Waals surface area contributed by atoms with Gasteiger partial charge in [0.1, 0.15) is 0 Å². The van der Waals surface area contributed by atoms with Crippen molar-refractivity contribution in [2.24, 2.45) is 5.92 Å². The first-order chi connectivity index (χ1) is 7.48. The van der Waals surface area contributed by atoms with E-state index in [-0.39, 0.29) is 6.42 Å². The summed E-state index contributed by atoms with van der Waals surface area (Å²) in [6.45, 7) is 0. The highest BCUT2D eigenvalue weighted by atomic mass is 19.4. The standard InChI is InChI=1S/C11H10F3NO/c12-11(13,14)8-6-9(8)15-10(16)7-4-2-1-3-5-7/h1-5,8-9H,6H2,(H,15,16). The lowest BCUT2D eigenvalue weighted by atomic mass is 10.2. The van der Waals surface area contributed by atoms with E-state index >= 15 is 0 Å². The van der Waals surface area contributed by atoms with Gasteiger partial charge in [-0.05, 0) is 18.6 Å². The minimum Gasteiger partial charge on any atom is -0.349 e. The van der Waals surface area contributed by atoms with E-state index < -0.39 is 24.0 Å². The van der Waals surface area contributed by atoms with E-state index in [1.165, 1.54) is 0 Å². The van der Waals surface area contributed by atoms with Crippen LogP contribution in [0.2, 0.25) is 0 Å². The Morgan fingerprint density at radius 2 is 1.88 bits per heavy atom. The molecule has 1 aromatic rings. The Hall–Kier alpha value is -1.52. The maximum atomic E-state index is 12.2. The minimum absolute atomic E-state index is 0.0118. The summed E-state index contributed by atoms with van der Waals surface area (Å²) in [5.74, 6) is -1.82. The molecule has 0 saturated heterocycles. The lowest BCUT2D eigenvalue weighted by Gasteiger charge is -2.06. The van der Waals surface area contributed by atoms with E-state index in [1.807, 2.05) is 0 Å². The van der Waals surface area contributed by atoms with Crippen molar-refractivity contribution in [2.45, 2.75) is 18.6 Å². The van der Waals surface area contributed by atoms with E-state index in [9.17, 15) is 18.0 Å². The molecule has 1 N–H and O–H groups in total. The van der Waals surface area contributed by atoms with Crippen molar-refractivity contribution in [3.63, 3.8) is 0 Å². The van der Waals surface area contributed by atoms with Gasteiger partial charge in [-0.25, -0.2) is 0 Å². The van der Waals surface area contributed by atoms with Gasteiger partial charge in [-0.3, -0.25) is 4.79 Å². The first kappa shape index (κ1) is 11.0. The summed E-state index contributed by atoms with van der Waals surface area (Å²) in [5, 5.41) is 2.37. The normalized spacial score (nSPS) is 23.9. The first-order valence-electron chi connectivity index (χ1n) is 4.91. The molecule has 0 radical (unpaired) electrons. The second kappa shape index (κ2) is 3.81.